The molecule has 0 radical (unpaired) electrons. The average molecular weight is 669 g/mol. The molecule has 7 aromatic rings. The minimum atomic E-state index is 0.816. The van der Waals surface area contributed by atoms with Crippen molar-refractivity contribution in [3.8, 4) is 11.1 Å². The fraction of sp³-hybridized carbons (Fsp3) is 0.0400. The lowest BCUT2D eigenvalue weighted by molar-refractivity contribution is 1.21. The molecular weight excluding hydrogens is 629 g/mol. The molecule has 0 bridgehead atoms. The monoisotopic (exact) mass is 668 g/mol. The van der Waals surface area contributed by atoms with Crippen LogP contribution in [0.15, 0.2) is 218 Å². The largest absolute Gasteiger partial charge is 0.344 e. The fourth-order valence-electron chi connectivity index (χ4n) is 7.37. The summed E-state index contributed by atoms with van der Waals surface area (Å²) in [7, 11) is 2.16. The Morgan fingerprint density at radius 3 is 1.90 bits per heavy atom. The molecule has 0 amide bonds. The molecule has 0 heterocycles. The summed E-state index contributed by atoms with van der Waals surface area (Å²) < 4.78 is 0. The molecule has 0 atom stereocenters. The van der Waals surface area contributed by atoms with Crippen molar-refractivity contribution in [2.24, 2.45) is 0 Å². The van der Waals surface area contributed by atoms with Gasteiger partial charge in [-0.3, -0.25) is 0 Å². The summed E-state index contributed by atoms with van der Waals surface area (Å²) in [5.74, 6) is 0. The topological polar surface area (TPSA) is 6.48 Å². The predicted molar refractivity (Wildman–Crippen MR) is 226 cm³/mol. The van der Waals surface area contributed by atoms with Crippen LogP contribution in [0.4, 0.5) is 22.7 Å². The van der Waals surface area contributed by atoms with Crippen molar-refractivity contribution in [1.29, 1.82) is 0 Å². The first-order valence-electron chi connectivity index (χ1n) is 17.8. The van der Waals surface area contributed by atoms with Gasteiger partial charge in [0.25, 0.3) is 0 Å². The van der Waals surface area contributed by atoms with Crippen molar-refractivity contribution in [3.05, 3.63) is 218 Å². The van der Waals surface area contributed by atoms with E-state index in [9.17, 15) is 0 Å². The lowest BCUT2D eigenvalue weighted by Gasteiger charge is -2.28. The number of anilines is 4. The summed E-state index contributed by atoms with van der Waals surface area (Å²) in [4.78, 5) is 4.65. The van der Waals surface area contributed by atoms with Gasteiger partial charge in [-0.05, 0) is 98.8 Å². The molecule has 52 heavy (non-hydrogen) atoms. The highest BCUT2D eigenvalue weighted by Crippen LogP contribution is 2.39. The predicted octanol–water partition coefficient (Wildman–Crippen LogP) is 13.8. The lowest BCUT2D eigenvalue weighted by atomic mass is 9.99. The quantitative estimate of drug-likeness (QED) is 0.112. The molecule has 1 aliphatic carbocycles. The maximum Gasteiger partial charge on any atom is 0.0540 e. The first-order chi connectivity index (χ1) is 25.6. The van der Waals surface area contributed by atoms with E-state index in [0.29, 0.717) is 0 Å². The Morgan fingerprint density at radius 2 is 1.19 bits per heavy atom. The number of hydrogen-bond acceptors (Lipinski definition) is 2. The van der Waals surface area contributed by atoms with Crippen molar-refractivity contribution in [2.45, 2.75) is 6.42 Å². The van der Waals surface area contributed by atoms with Gasteiger partial charge < -0.3 is 9.80 Å². The zero-order valence-electron chi connectivity index (χ0n) is 29.4. The molecule has 0 aromatic heterocycles. The molecule has 0 saturated heterocycles. The lowest BCUT2D eigenvalue weighted by Crippen LogP contribution is -2.15. The highest BCUT2D eigenvalue weighted by Gasteiger charge is 2.18. The van der Waals surface area contributed by atoms with Crippen LogP contribution in [-0.4, -0.2) is 7.05 Å². The fourth-order valence-corrected chi connectivity index (χ4v) is 7.37. The third kappa shape index (κ3) is 6.16. The molecule has 250 valence electrons. The molecular formula is C50H40N2. The van der Waals surface area contributed by atoms with Crippen LogP contribution < -0.4 is 9.80 Å². The number of fused-ring (bicyclic) bond motifs is 4. The number of hydrogen-bond donors (Lipinski definition) is 0. The van der Waals surface area contributed by atoms with Gasteiger partial charge in [-0.2, -0.15) is 0 Å². The van der Waals surface area contributed by atoms with E-state index in [1.54, 1.807) is 0 Å². The molecule has 0 N–H and O–H groups in total. The molecule has 1 aliphatic rings. The van der Waals surface area contributed by atoms with E-state index in [4.69, 9.17) is 0 Å². The molecule has 2 heteroatoms. The third-order valence-electron chi connectivity index (χ3n) is 10.1. The van der Waals surface area contributed by atoms with Gasteiger partial charge in [0.2, 0.25) is 0 Å². The minimum Gasteiger partial charge on any atom is -0.344 e. The molecule has 0 fully saturated rings. The Morgan fingerprint density at radius 1 is 0.577 bits per heavy atom. The molecule has 2 nitrogen and oxygen atoms in total. The second kappa shape index (κ2) is 14.3. The SMILES string of the molecule is C=C/C=C(\C=C)C1=CC=C(N(c2ccc(-c3ccc(N(C)c4cc5ccccc5c5ccccc45)cc3)cc2)c2cccc3ccccc23)C=CC1. The smallest absolute Gasteiger partial charge is 0.0540 e. The van der Waals surface area contributed by atoms with Crippen molar-refractivity contribution < 1.29 is 0 Å². The third-order valence-corrected chi connectivity index (χ3v) is 10.1. The second-order valence-electron chi connectivity index (χ2n) is 13.1. The number of rotatable bonds is 9. The van der Waals surface area contributed by atoms with Crippen LogP contribution in [-0.2, 0) is 0 Å². The summed E-state index contributed by atoms with van der Waals surface area (Å²) in [6.45, 7) is 7.93. The number of benzene rings is 7. The standard InChI is InChI=1S/C50H40N2/c1-4-14-36(5-2)37-17-12-19-43(32-27-37)52(49-24-13-18-40-15-6-9-21-46(40)49)44-33-28-39(29-34-44)38-25-30-42(31-26-38)51(3)50-35-41-16-7-8-20-45(41)47-22-10-11-23-48(47)50/h4-16,18-35H,1-2,17H2,3H3/b36-14+. The van der Waals surface area contributed by atoms with Crippen LogP contribution >= 0.6 is 0 Å². The van der Waals surface area contributed by atoms with E-state index < -0.39 is 0 Å². The van der Waals surface area contributed by atoms with Crippen molar-refractivity contribution >= 4 is 55.1 Å². The van der Waals surface area contributed by atoms with Gasteiger partial charge in [0, 0.05) is 40.6 Å². The maximum absolute atomic E-state index is 4.04. The molecule has 7 aromatic carbocycles. The summed E-state index contributed by atoms with van der Waals surface area (Å²) in [5, 5.41) is 7.46. The number of allylic oxidation sites excluding steroid dienone is 9. The summed E-state index contributed by atoms with van der Waals surface area (Å²) >= 11 is 0. The van der Waals surface area contributed by atoms with E-state index in [1.807, 2.05) is 18.2 Å². The van der Waals surface area contributed by atoms with Crippen LogP contribution in [0, 0.1) is 0 Å². The zero-order valence-corrected chi connectivity index (χ0v) is 29.4. The second-order valence-corrected chi connectivity index (χ2v) is 13.1. The molecule has 0 saturated carbocycles. The average Bonchev–Trinajstić information content (AvgIpc) is 3.46. The van der Waals surface area contributed by atoms with Crippen LogP contribution in [0.1, 0.15) is 6.42 Å². The number of nitrogens with zero attached hydrogens (tertiary/aromatic N) is 2. The normalized spacial score (nSPS) is 13.1. The molecule has 8 rings (SSSR count). The van der Waals surface area contributed by atoms with E-state index >= 15 is 0 Å². The highest BCUT2D eigenvalue weighted by atomic mass is 15.1. The molecule has 0 aliphatic heterocycles. The Hall–Kier alpha value is -6.64. The van der Waals surface area contributed by atoms with Gasteiger partial charge in [0.1, 0.15) is 0 Å². The van der Waals surface area contributed by atoms with Crippen LogP contribution in [0.5, 0.6) is 0 Å². The Bertz CT molecular complexity index is 2570. The Balaban J connectivity index is 1.14. The van der Waals surface area contributed by atoms with Crippen LogP contribution in [0.2, 0.25) is 0 Å². The minimum absolute atomic E-state index is 0.816. The summed E-state index contributed by atoms with van der Waals surface area (Å²) in [6, 6.07) is 52.6. The first kappa shape index (κ1) is 32.6. The molecule has 0 unspecified atom stereocenters. The van der Waals surface area contributed by atoms with Gasteiger partial charge in [0.15, 0.2) is 0 Å². The summed E-state index contributed by atoms with van der Waals surface area (Å²) in [5.41, 5.74) is 10.3. The maximum atomic E-state index is 4.04. The van der Waals surface area contributed by atoms with Gasteiger partial charge in [-0.1, -0.05) is 153 Å². The Kier molecular flexibility index (Phi) is 8.96. The van der Waals surface area contributed by atoms with Crippen LogP contribution in [0.3, 0.4) is 0 Å². The zero-order chi connectivity index (χ0) is 35.4. The van der Waals surface area contributed by atoms with Gasteiger partial charge >= 0.3 is 0 Å². The summed E-state index contributed by atoms with van der Waals surface area (Å²) in [6.07, 6.45) is 15.4. The van der Waals surface area contributed by atoms with E-state index in [0.717, 1.165) is 34.8 Å². The van der Waals surface area contributed by atoms with Gasteiger partial charge in [0.05, 0.1) is 5.69 Å². The highest BCUT2D eigenvalue weighted by molar-refractivity contribution is 6.13. The van der Waals surface area contributed by atoms with Gasteiger partial charge in [-0.15, -0.1) is 0 Å². The van der Waals surface area contributed by atoms with Crippen molar-refractivity contribution in [1.82, 2.24) is 0 Å². The van der Waals surface area contributed by atoms with Crippen molar-refractivity contribution in [3.63, 3.8) is 0 Å². The first-order valence-corrected chi connectivity index (χ1v) is 17.8. The Labute approximate surface area is 306 Å². The van der Waals surface area contributed by atoms with E-state index in [-0.39, 0.29) is 0 Å². The van der Waals surface area contributed by atoms with E-state index in [1.165, 1.54) is 54.7 Å². The van der Waals surface area contributed by atoms with E-state index in [2.05, 4.69) is 200 Å². The van der Waals surface area contributed by atoms with Gasteiger partial charge in [-0.25, -0.2) is 0 Å². The van der Waals surface area contributed by atoms with Crippen molar-refractivity contribution in [2.75, 3.05) is 16.8 Å². The molecule has 0 spiro atoms. The van der Waals surface area contributed by atoms with Crippen LogP contribution in [0.25, 0.3) is 43.4 Å².